The first kappa shape index (κ1) is 23.8. The molecule has 1 aliphatic carbocycles. The number of likely N-dealkylation sites (tertiary alicyclic amines) is 1. The van der Waals surface area contributed by atoms with Crippen LogP contribution in [-0.4, -0.2) is 66.9 Å². The number of ether oxygens (including phenoxy) is 2. The minimum Gasteiger partial charge on any atom is -0.481 e. The molecule has 3 atom stereocenters. The van der Waals surface area contributed by atoms with Crippen molar-refractivity contribution in [3.8, 4) is 11.1 Å². The Balaban J connectivity index is 1.42. The van der Waals surface area contributed by atoms with Crippen LogP contribution in [0.25, 0.3) is 11.1 Å². The van der Waals surface area contributed by atoms with Gasteiger partial charge in [0.15, 0.2) is 0 Å². The quantitative estimate of drug-likeness (QED) is 0.649. The Morgan fingerprint density at radius 2 is 1.68 bits per heavy atom. The van der Waals surface area contributed by atoms with Crippen LogP contribution in [0, 0.1) is 5.92 Å². The van der Waals surface area contributed by atoms with Crippen LogP contribution in [0.5, 0.6) is 0 Å². The average Bonchev–Trinajstić information content (AvgIpc) is 3.16. The molecule has 1 heterocycles. The highest BCUT2D eigenvalue weighted by molar-refractivity contribution is 5.87. The monoisotopic (exact) mass is 466 g/mol. The minimum absolute atomic E-state index is 0.0377. The molecule has 0 aromatic heterocycles. The van der Waals surface area contributed by atoms with Crippen molar-refractivity contribution in [2.24, 2.45) is 5.92 Å². The Bertz CT molecular complexity index is 1030. The van der Waals surface area contributed by atoms with Crippen molar-refractivity contribution >= 4 is 18.0 Å². The van der Waals surface area contributed by atoms with Crippen molar-refractivity contribution in [1.29, 1.82) is 0 Å². The van der Waals surface area contributed by atoms with E-state index in [9.17, 15) is 19.5 Å². The summed E-state index contributed by atoms with van der Waals surface area (Å²) < 4.78 is 10.7. The van der Waals surface area contributed by atoms with Gasteiger partial charge in [0.25, 0.3) is 0 Å². The molecule has 0 spiro atoms. The van der Waals surface area contributed by atoms with Gasteiger partial charge in [-0.05, 0) is 42.0 Å². The topological polar surface area (TPSA) is 105 Å². The Hall–Kier alpha value is -3.39. The molecule has 180 valence electrons. The molecule has 34 heavy (non-hydrogen) atoms. The van der Waals surface area contributed by atoms with Gasteiger partial charge in [-0.15, -0.1) is 0 Å². The Labute approximate surface area is 198 Å². The van der Waals surface area contributed by atoms with Gasteiger partial charge in [0.2, 0.25) is 5.91 Å². The number of hydrogen-bond donors (Lipinski definition) is 2. The first-order valence-corrected chi connectivity index (χ1v) is 11.5. The highest BCUT2D eigenvalue weighted by Crippen LogP contribution is 2.44. The number of nitrogens with one attached hydrogen (secondary N) is 1. The molecule has 3 unspecified atom stereocenters. The number of carboxylic acid groups (broad SMARTS) is 1. The number of nitrogens with zero attached hydrogens (tertiary/aromatic N) is 1. The van der Waals surface area contributed by atoms with Crippen LogP contribution >= 0.6 is 0 Å². The second-order valence-corrected chi connectivity index (χ2v) is 8.93. The van der Waals surface area contributed by atoms with Gasteiger partial charge in [0.1, 0.15) is 12.6 Å². The normalized spacial score (nSPS) is 20.2. The molecular formula is C26H30N2O6. The van der Waals surface area contributed by atoms with Gasteiger partial charge in [-0.3, -0.25) is 9.59 Å². The number of hydrogen-bond acceptors (Lipinski definition) is 5. The van der Waals surface area contributed by atoms with Gasteiger partial charge in [0.05, 0.1) is 12.5 Å². The molecule has 1 aliphatic heterocycles. The number of alkyl carbamates (subject to hydrolysis) is 1. The van der Waals surface area contributed by atoms with Crippen LogP contribution in [0.4, 0.5) is 4.79 Å². The number of carbonyl (C=O) groups is 3. The Morgan fingerprint density at radius 3 is 2.26 bits per heavy atom. The minimum atomic E-state index is -0.962. The van der Waals surface area contributed by atoms with E-state index in [-0.39, 0.29) is 37.6 Å². The number of methoxy groups -OCH3 is 1. The summed E-state index contributed by atoms with van der Waals surface area (Å²) in [6.07, 6.45) is 0.402. The molecule has 2 aromatic rings. The number of rotatable bonds is 7. The van der Waals surface area contributed by atoms with E-state index in [4.69, 9.17) is 9.47 Å². The van der Waals surface area contributed by atoms with Crippen molar-refractivity contribution in [2.45, 2.75) is 37.8 Å². The second kappa shape index (κ2) is 10.3. The molecule has 1 fully saturated rings. The first-order chi connectivity index (χ1) is 16.4. The van der Waals surface area contributed by atoms with E-state index in [1.807, 2.05) is 43.3 Å². The molecule has 0 bridgehead atoms. The van der Waals surface area contributed by atoms with Gasteiger partial charge < -0.3 is 24.8 Å². The van der Waals surface area contributed by atoms with Crippen LogP contribution in [0.2, 0.25) is 0 Å². The lowest BCUT2D eigenvalue weighted by Gasteiger charge is -2.38. The van der Waals surface area contributed by atoms with Crippen LogP contribution in [0.15, 0.2) is 48.5 Å². The van der Waals surface area contributed by atoms with E-state index in [2.05, 4.69) is 17.4 Å². The third-order valence-electron chi connectivity index (χ3n) is 6.78. The molecule has 2 amide bonds. The highest BCUT2D eigenvalue weighted by Gasteiger charge is 2.36. The largest absolute Gasteiger partial charge is 0.481 e. The van der Waals surface area contributed by atoms with Crippen LogP contribution in [-0.2, 0) is 19.1 Å². The fraction of sp³-hybridized carbons (Fsp3) is 0.423. The lowest BCUT2D eigenvalue weighted by molar-refractivity contribution is -0.148. The molecule has 8 heteroatoms. The Morgan fingerprint density at radius 1 is 1.06 bits per heavy atom. The van der Waals surface area contributed by atoms with Crippen LogP contribution in [0.3, 0.4) is 0 Å². The summed E-state index contributed by atoms with van der Waals surface area (Å²) in [5.41, 5.74) is 4.46. The number of amides is 2. The van der Waals surface area contributed by atoms with Gasteiger partial charge in [-0.25, -0.2) is 4.79 Å². The smallest absolute Gasteiger partial charge is 0.407 e. The predicted octanol–water partition coefficient (Wildman–Crippen LogP) is 3.25. The summed E-state index contributed by atoms with van der Waals surface area (Å²) >= 11 is 0. The zero-order chi connectivity index (χ0) is 24.2. The summed E-state index contributed by atoms with van der Waals surface area (Å²) in [6.45, 7) is 2.09. The van der Waals surface area contributed by atoms with E-state index in [0.29, 0.717) is 12.8 Å². The number of carboxylic acids is 1. The fourth-order valence-corrected chi connectivity index (χ4v) is 4.94. The van der Waals surface area contributed by atoms with E-state index in [1.54, 1.807) is 0 Å². The molecule has 2 aromatic carbocycles. The number of aliphatic carboxylic acids is 1. The maximum atomic E-state index is 13.2. The Kier molecular flexibility index (Phi) is 7.17. The molecule has 2 N–H and O–H groups in total. The van der Waals surface area contributed by atoms with Crippen molar-refractivity contribution < 1.29 is 29.0 Å². The van der Waals surface area contributed by atoms with Crippen molar-refractivity contribution in [1.82, 2.24) is 10.2 Å². The summed E-state index contributed by atoms with van der Waals surface area (Å²) in [5, 5.41) is 12.0. The lowest BCUT2D eigenvalue weighted by Crippen LogP contribution is -2.56. The zero-order valence-electron chi connectivity index (χ0n) is 19.4. The maximum absolute atomic E-state index is 13.2. The van der Waals surface area contributed by atoms with Crippen molar-refractivity contribution in [3.05, 3.63) is 59.7 Å². The molecule has 2 aliphatic rings. The van der Waals surface area contributed by atoms with Gasteiger partial charge in [-0.1, -0.05) is 48.5 Å². The van der Waals surface area contributed by atoms with E-state index in [1.165, 1.54) is 12.0 Å². The number of benzene rings is 2. The van der Waals surface area contributed by atoms with Gasteiger partial charge in [-0.2, -0.15) is 0 Å². The van der Waals surface area contributed by atoms with E-state index in [0.717, 1.165) is 22.3 Å². The highest BCUT2D eigenvalue weighted by atomic mass is 16.5. The lowest BCUT2D eigenvalue weighted by atomic mass is 9.93. The molecule has 4 rings (SSSR count). The predicted molar refractivity (Wildman–Crippen MR) is 125 cm³/mol. The summed E-state index contributed by atoms with van der Waals surface area (Å²) in [6, 6.07) is 15.0. The molecule has 8 nitrogen and oxygen atoms in total. The fourth-order valence-electron chi connectivity index (χ4n) is 4.94. The van der Waals surface area contributed by atoms with Gasteiger partial charge >= 0.3 is 12.1 Å². The third kappa shape index (κ3) is 4.77. The number of carbonyl (C=O) groups excluding carboxylic acids is 2. The van der Waals surface area contributed by atoms with E-state index < -0.39 is 24.0 Å². The summed E-state index contributed by atoms with van der Waals surface area (Å²) in [4.78, 5) is 38.8. The average molecular weight is 467 g/mol. The van der Waals surface area contributed by atoms with Crippen molar-refractivity contribution in [3.63, 3.8) is 0 Å². The number of fused-ring (bicyclic) bond motifs is 3. The maximum Gasteiger partial charge on any atom is 0.407 e. The first-order valence-electron chi connectivity index (χ1n) is 11.5. The number of piperidine rings is 1. The van der Waals surface area contributed by atoms with Crippen LogP contribution < -0.4 is 5.32 Å². The standard InChI is InChI=1S/C26H30N2O6/c1-16-11-12-17(25(30)31)13-28(16)24(29)23(15-33-2)27-26(32)34-14-22-20-9-5-3-7-18(20)19-8-4-6-10-21(19)22/h3-10,16-17,22-23H,11-15H2,1-2H3,(H,27,32)(H,30,31). The molecule has 0 saturated carbocycles. The molecule has 0 radical (unpaired) electrons. The summed E-state index contributed by atoms with van der Waals surface area (Å²) in [7, 11) is 1.44. The molecular weight excluding hydrogens is 436 g/mol. The van der Waals surface area contributed by atoms with E-state index >= 15 is 0 Å². The summed E-state index contributed by atoms with van der Waals surface area (Å²) in [5.74, 6) is -1.99. The third-order valence-corrected chi connectivity index (χ3v) is 6.78. The molecule has 1 saturated heterocycles. The SMILES string of the molecule is COCC(NC(=O)OCC1c2ccccc2-c2ccccc21)C(=O)N1CC(C(=O)O)CCC1C. The zero-order valence-corrected chi connectivity index (χ0v) is 19.4. The van der Waals surface area contributed by atoms with Gasteiger partial charge in [0, 0.05) is 25.6 Å². The van der Waals surface area contributed by atoms with Crippen molar-refractivity contribution in [2.75, 3.05) is 26.9 Å². The van der Waals surface area contributed by atoms with Crippen LogP contribution in [0.1, 0.15) is 36.8 Å². The second-order valence-electron chi connectivity index (χ2n) is 8.93.